The standard InChI is InChI=1S/C15H23BrN2O3/c1-4-20-13-6-11(8-18-7-10(2)3)5-12(16)15(13)21-9-14(17)19/h5-6,10,18H,4,7-9H2,1-3H3,(H2,17,19). The molecule has 0 saturated carbocycles. The lowest BCUT2D eigenvalue weighted by molar-refractivity contribution is -0.119. The number of hydrogen-bond acceptors (Lipinski definition) is 4. The van der Waals surface area contributed by atoms with Gasteiger partial charge in [-0.05, 0) is 53.0 Å². The highest BCUT2D eigenvalue weighted by Gasteiger charge is 2.13. The van der Waals surface area contributed by atoms with E-state index in [1.54, 1.807) is 0 Å². The number of primary amides is 1. The first-order chi connectivity index (χ1) is 9.93. The maximum absolute atomic E-state index is 10.9. The van der Waals surface area contributed by atoms with E-state index in [1.807, 2.05) is 19.1 Å². The van der Waals surface area contributed by atoms with Crippen LogP contribution in [0.1, 0.15) is 26.3 Å². The Labute approximate surface area is 134 Å². The molecule has 0 aliphatic rings. The zero-order valence-corrected chi connectivity index (χ0v) is 14.3. The summed E-state index contributed by atoms with van der Waals surface area (Å²) < 4.78 is 11.7. The summed E-state index contributed by atoms with van der Waals surface area (Å²) in [6.45, 7) is 8.25. The van der Waals surface area contributed by atoms with Crippen LogP contribution >= 0.6 is 15.9 Å². The molecule has 0 aliphatic heterocycles. The van der Waals surface area contributed by atoms with Gasteiger partial charge in [-0.1, -0.05) is 13.8 Å². The van der Waals surface area contributed by atoms with Crippen LogP contribution in [0.25, 0.3) is 0 Å². The topological polar surface area (TPSA) is 73.6 Å². The van der Waals surface area contributed by atoms with Crippen molar-refractivity contribution in [2.45, 2.75) is 27.3 Å². The number of nitrogens with one attached hydrogen (secondary N) is 1. The smallest absolute Gasteiger partial charge is 0.255 e. The Hall–Kier alpha value is -1.27. The molecule has 6 heteroatoms. The van der Waals surface area contributed by atoms with E-state index >= 15 is 0 Å². The summed E-state index contributed by atoms with van der Waals surface area (Å²) in [5.74, 6) is 1.18. The van der Waals surface area contributed by atoms with Crippen LogP contribution in [0, 0.1) is 5.92 Å². The van der Waals surface area contributed by atoms with Gasteiger partial charge in [0.1, 0.15) is 0 Å². The fourth-order valence-corrected chi connectivity index (χ4v) is 2.38. The van der Waals surface area contributed by atoms with E-state index in [4.69, 9.17) is 15.2 Å². The molecule has 0 heterocycles. The van der Waals surface area contributed by atoms with Crippen LogP contribution in [-0.4, -0.2) is 25.7 Å². The fourth-order valence-electron chi connectivity index (χ4n) is 1.77. The van der Waals surface area contributed by atoms with Crippen molar-refractivity contribution >= 4 is 21.8 Å². The Balaban J connectivity index is 2.86. The molecule has 0 fully saturated rings. The molecule has 0 unspecified atom stereocenters. The number of benzene rings is 1. The van der Waals surface area contributed by atoms with Gasteiger partial charge in [0, 0.05) is 6.54 Å². The second-order valence-electron chi connectivity index (χ2n) is 5.12. The number of halogens is 1. The van der Waals surface area contributed by atoms with E-state index in [9.17, 15) is 4.79 Å². The van der Waals surface area contributed by atoms with Crippen molar-refractivity contribution in [1.29, 1.82) is 0 Å². The van der Waals surface area contributed by atoms with E-state index in [1.165, 1.54) is 0 Å². The van der Waals surface area contributed by atoms with Gasteiger partial charge in [0.05, 0.1) is 11.1 Å². The van der Waals surface area contributed by atoms with Gasteiger partial charge in [-0.25, -0.2) is 0 Å². The average Bonchev–Trinajstić information content (AvgIpc) is 2.37. The zero-order valence-electron chi connectivity index (χ0n) is 12.7. The largest absolute Gasteiger partial charge is 0.490 e. The quantitative estimate of drug-likeness (QED) is 0.710. The molecule has 0 aromatic heterocycles. The van der Waals surface area contributed by atoms with Gasteiger partial charge in [0.25, 0.3) is 5.91 Å². The maximum atomic E-state index is 10.9. The van der Waals surface area contributed by atoms with E-state index < -0.39 is 5.91 Å². The molecule has 3 N–H and O–H groups in total. The van der Waals surface area contributed by atoms with Gasteiger partial charge < -0.3 is 20.5 Å². The molecule has 1 amide bonds. The number of rotatable bonds is 9. The van der Waals surface area contributed by atoms with Crippen LogP contribution in [0.15, 0.2) is 16.6 Å². The minimum atomic E-state index is -0.521. The molecule has 0 saturated heterocycles. The van der Waals surface area contributed by atoms with Crippen molar-refractivity contribution in [3.8, 4) is 11.5 Å². The third kappa shape index (κ3) is 6.35. The first-order valence-corrected chi connectivity index (χ1v) is 7.80. The first-order valence-electron chi connectivity index (χ1n) is 7.01. The van der Waals surface area contributed by atoms with E-state index in [2.05, 4.69) is 35.1 Å². The number of amides is 1. The Kier molecular flexibility index (Phi) is 7.53. The third-order valence-corrected chi connectivity index (χ3v) is 3.20. The van der Waals surface area contributed by atoms with Gasteiger partial charge in [-0.2, -0.15) is 0 Å². The minimum Gasteiger partial charge on any atom is -0.490 e. The van der Waals surface area contributed by atoms with Crippen molar-refractivity contribution in [3.63, 3.8) is 0 Å². The molecule has 0 radical (unpaired) electrons. The lowest BCUT2D eigenvalue weighted by atomic mass is 10.1. The molecule has 5 nitrogen and oxygen atoms in total. The van der Waals surface area contributed by atoms with Crippen LogP contribution in [0.3, 0.4) is 0 Å². The summed E-state index contributed by atoms with van der Waals surface area (Å²) in [4.78, 5) is 10.9. The predicted molar refractivity (Wildman–Crippen MR) is 86.5 cm³/mol. The maximum Gasteiger partial charge on any atom is 0.255 e. The first kappa shape index (κ1) is 17.8. The van der Waals surface area contributed by atoms with Gasteiger partial charge in [-0.3, -0.25) is 4.79 Å². The van der Waals surface area contributed by atoms with Crippen molar-refractivity contribution in [2.24, 2.45) is 11.7 Å². The number of nitrogens with two attached hydrogens (primary N) is 1. The minimum absolute atomic E-state index is 0.177. The molecule has 0 aliphatic carbocycles. The normalized spacial score (nSPS) is 10.7. The molecule has 0 spiro atoms. The van der Waals surface area contributed by atoms with Crippen molar-refractivity contribution in [1.82, 2.24) is 5.32 Å². The Morgan fingerprint density at radius 3 is 2.67 bits per heavy atom. The van der Waals surface area contributed by atoms with Gasteiger partial charge in [0.15, 0.2) is 18.1 Å². The van der Waals surface area contributed by atoms with E-state index in [0.717, 1.165) is 23.1 Å². The highest BCUT2D eigenvalue weighted by molar-refractivity contribution is 9.10. The summed E-state index contributed by atoms with van der Waals surface area (Å²) in [6, 6.07) is 3.87. The monoisotopic (exact) mass is 358 g/mol. The summed E-state index contributed by atoms with van der Waals surface area (Å²) in [5.41, 5.74) is 6.19. The molecule has 1 aromatic rings. The molecule has 1 aromatic carbocycles. The number of ether oxygens (including phenoxy) is 2. The summed E-state index contributed by atoms with van der Waals surface area (Å²) in [5, 5.41) is 3.38. The van der Waals surface area contributed by atoms with Gasteiger partial charge in [-0.15, -0.1) is 0 Å². The molecule has 0 bridgehead atoms. The predicted octanol–water partition coefficient (Wildman–Crippen LogP) is 2.46. The van der Waals surface area contributed by atoms with Crippen molar-refractivity contribution < 1.29 is 14.3 Å². The van der Waals surface area contributed by atoms with Crippen LogP contribution in [0.4, 0.5) is 0 Å². The van der Waals surface area contributed by atoms with Crippen LogP contribution < -0.4 is 20.5 Å². The Morgan fingerprint density at radius 1 is 1.38 bits per heavy atom. The zero-order chi connectivity index (χ0) is 15.8. The second kappa shape index (κ2) is 8.89. The van der Waals surface area contributed by atoms with Gasteiger partial charge >= 0.3 is 0 Å². The third-order valence-electron chi connectivity index (χ3n) is 2.61. The number of hydrogen-bond donors (Lipinski definition) is 2. The van der Waals surface area contributed by atoms with E-state index in [0.29, 0.717) is 24.0 Å². The Bertz CT molecular complexity index is 478. The highest BCUT2D eigenvalue weighted by Crippen LogP contribution is 2.36. The molecule has 21 heavy (non-hydrogen) atoms. The number of carbonyl (C=O) groups is 1. The van der Waals surface area contributed by atoms with Crippen molar-refractivity contribution in [2.75, 3.05) is 19.8 Å². The lowest BCUT2D eigenvalue weighted by Gasteiger charge is -2.15. The molecule has 0 atom stereocenters. The summed E-state index contributed by atoms with van der Waals surface area (Å²) >= 11 is 3.45. The van der Waals surface area contributed by atoms with Crippen LogP contribution in [0.5, 0.6) is 11.5 Å². The molecular weight excluding hydrogens is 336 g/mol. The van der Waals surface area contributed by atoms with E-state index in [-0.39, 0.29) is 6.61 Å². The molecular formula is C15H23BrN2O3. The Morgan fingerprint density at radius 2 is 2.10 bits per heavy atom. The molecule has 1 rings (SSSR count). The average molecular weight is 359 g/mol. The summed E-state index contributed by atoms with van der Waals surface area (Å²) in [7, 11) is 0. The highest BCUT2D eigenvalue weighted by atomic mass is 79.9. The molecule has 118 valence electrons. The van der Waals surface area contributed by atoms with Crippen molar-refractivity contribution in [3.05, 3.63) is 22.2 Å². The number of carbonyl (C=O) groups excluding carboxylic acids is 1. The lowest BCUT2D eigenvalue weighted by Crippen LogP contribution is -2.21. The fraction of sp³-hybridized carbons (Fsp3) is 0.533. The summed E-state index contributed by atoms with van der Waals surface area (Å²) in [6.07, 6.45) is 0. The second-order valence-corrected chi connectivity index (χ2v) is 5.97. The van der Waals surface area contributed by atoms with Crippen LogP contribution in [0.2, 0.25) is 0 Å². The van der Waals surface area contributed by atoms with Gasteiger partial charge in [0.2, 0.25) is 0 Å². The van der Waals surface area contributed by atoms with Crippen LogP contribution in [-0.2, 0) is 11.3 Å². The SMILES string of the molecule is CCOc1cc(CNCC(C)C)cc(Br)c1OCC(N)=O.